The van der Waals surface area contributed by atoms with E-state index in [-0.39, 0.29) is 0 Å². The molecule has 20 heavy (non-hydrogen) atoms. The predicted octanol–water partition coefficient (Wildman–Crippen LogP) is 3.21. The Morgan fingerprint density at radius 1 is 1.30 bits per heavy atom. The van der Waals surface area contributed by atoms with Crippen molar-refractivity contribution in [1.29, 1.82) is 0 Å². The average Bonchev–Trinajstić information content (AvgIpc) is 2.90. The van der Waals surface area contributed by atoms with Crippen LogP contribution in [-0.2, 0) is 6.54 Å². The highest BCUT2D eigenvalue weighted by Crippen LogP contribution is 2.41. The van der Waals surface area contributed by atoms with Crippen molar-refractivity contribution in [2.24, 2.45) is 11.8 Å². The van der Waals surface area contributed by atoms with Crippen molar-refractivity contribution < 1.29 is 0 Å². The number of nitrogens with zero attached hydrogens (tertiary/aromatic N) is 3. The van der Waals surface area contributed by atoms with E-state index in [9.17, 15) is 0 Å². The molecular formula is C16H30N4. The molecule has 0 radical (unpaired) electrons. The highest BCUT2D eigenvalue weighted by Gasteiger charge is 2.32. The zero-order valence-electron chi connectivity index (χ0n) is 13.3. The van der Waals surface area contributed by atoms with E-state index >= 15 is 0 Å². The molecule has 0 amide bonds. The lowest BCUT2D eigenvalue weighted by atomic mass is 9.71. The number of hydrogen-bond donors (Lipinski definition) is 1. The summed E-state index contributed by atoms with van der Waals surface area (Å²) in [6.07, 6.45) is 9.87. The summed E-state index contributed by atoms with van der Waals surface area (Å²) >= 11 is 0. The summed E-state index contributed by atoms with van der Waals surface area (Å²) in [5, 5.41) is 11.8. The molecule has 1 heterocycles. The van der Waals surface area contributed by atoms with Crippen molar-refractivity contribution in [3.8, 4) is 0 Å². The average molecular weight is 278 g/mol. The number of aromatic nitrogens is 3. The molecule has 1 N–H and O–H groups in total. The molecule has 114 valence electrons. The van der Waals surface area contributed by atoms with Gasteiger partial charge in [-0.25, -0.2) is 4.68 Å². The minimum absolute atomic E-state index is 0.634. The highest BCUT2D eigenvalue weighted by atomic mass is 15.4. The van der Waals surface area contributed by atoms with Gasteiger partial charge in [0.05, 0.1) is 11.9 Å². The molecule has 0 aliphatic heterocycles. The van der Waals surface area contributed by atoms with Gasteiger partial charge in [0, 0.05) is 12.5 Å². The zero-order valence-corrected chi connectivity index (χ0v) is 13.3. The fraction of sp³-hybridized carbons (Fsp3) is 0.875. The molecule has 1 aromatic rings. The standard InChI is InChI=1S/C16H30N4/c1-4-6-13-7-8-14(11-17-3)15(10-13)16-12-18-19-20(16)9-5-2/h12-15,17H,4-11H2,1-3H3. The van der Waals surface area contributed by atoms with Gasteiger partial charge in [-0.2, -0.15) is 0 Å². The second-order valence-corrected chi connectivity index (χ2v) is 6.27. The molecule has 0 aromatic carbocycles. The summed E-state index contributed by atoms with van der Waals surface area (Å²) in [6.45, 7) is 6.62. The maximum atomic E-state index is 4.29. The van der Waals surface area contributed by atoms with Gasteiger partial charge in [-0.15, -0.1) is 5.10 Å². The molecule has 4 heteroatoms. The molecule has 0 bridgehead atoms. The third kappa shape index (κ3) is 3.60. The van der Waals surface area contributed by atoms with Gasteiger partial charge >= 0.3 is 0 Å². The zero-order chi connectivity index (χ0) is 14.4. The van der Waals surface area contributed by atoms with Crippen molar-refractivity contribution in [1.82, 2.24) is 20.3 Å². The van der Waals surface area contributed by atoms with Crippen molar-refractivity contribution in [3.63, 3.8) is 0 Å². The highest BCUT2D eigenvalue weighted by molar-refractivity contribution is 5.08. The first kappa shape index (κ1) is 15.5. The molecular weight excluding hydrogens is 248 g/mol. The Hall–Kier alpha value is -0.900. The Morgan fingerprint density at radius 2 is 2.15 bits per heavy atom. The second kappa shape index (κ2) is 7.77. The van der Waals surface area contributed by atoms with Gasteiger partial charge in [-0.05, 0) is 44.7 Å². The minimum atomic E-state index is 0.634. The molecule has 0 spiro atoms. The number of aryl methyl sites for hydroxylation is 1. The fourth-order valence-electron chi connectivity index (χ4n) is 3.80. The van der Waals surface area contributed by atoms with Crippen LogP contribution in [-0.4, -0.2) is 28.6 Å². The molecule has 1 fully saturated rings. The molecule has 1 aliphatic rings. The van der Waals surface area contributed by atoms with E-state index in [1.54, 1.807) is 0 Å². The normalized spacial score (nSPS) is 26.9. The van der Waals surface area contributed by atoms with Crippen LogP contribution in [0.1, 0.15) is 64.0 Å². The summed E-state index contributed by atoms with van der Waals surface area (Å²) in [4.78, 5) is 0. The maximum absolute atomic E-state index is 4.29. The molecule has 1 aliphatic carbocycles. The Labute approximate surface area is 123 Å². The van der Waals surface area contributed by atoms with Crippen LogP contribution in [0.15, 0.2) is 6.20 Å². The van der Waals surface area contributed by atoms with E-state index in [4.69, 9.17) is 0 Å². The van der Waals surface area contributed by atoms with Crippen molar-refractivity contribution in [2.45, 2.75) is 64.8 Å². The molecule has 1 aromatic heterocycles. The first-order valence-electron chi connectivity index (χ1n) is 8.33. The molecule has 3 atom stereocenters. The summed E-state index contributed by atoms with van der Waals surface area (Å²) < 4.78 is 2.14. The molecule has 0 saturated heterocycles. The van der Waals surface area contributed by atoms with E-state index in [0.29, 0.717) is 5.92 Å². The van der Waals surface area contributed by atoms with Crippen molar-refractivity contribution in [2.75, 3.05) is 13.6 Å². The Bertz CT molecular complexity index is 388. The van der Waals surface area contributed by atoms with E-state index in [1.807, 2.05) is 6.20 Å². The summed E-state index contributed by atoms with van der Waals surface area (Å²) in [6, 6.07) is 0. The van der Waals surface area contributed by atoms with Gasteiger partial charge in [0.2, 0.25) is 0 Å². The molecule has 2 rings (SSSR count). The predicted molar refractivity (Wildman–Crippen MR) is 82.7 cm³/mol. The Kier molecular flexibility index (Phi) is 6.02. The lowest BCUT2D eigenvalue weighted by Gasteiger charge is -2.36. The second-order valence-electron chi connectivity index (χ2n) is 6.27. The monoisotopic (exact) mass is 278 g/mol. The third-order valence-electron chi connectivity index (χ3n) is 4.73. The lowest BCUT2D eigenvalue weighted by Crippen LogP contribution is -2.32. The number of rotatable bonds is 7. The first-order chi connectivity index (χ1) is 9.80. The van der Waals surface area contributed by atoms with Crippen molar-refractivity contribution >= 4 is 0 Å². The van der Waals surface area contributed by atoms with Crippen molar-refractivity contribution in [3.05, 3.63) is 11.9 Å². The third-order valence-corrected chi connectivity index (χ3v) is 4.73. The van der Waals surface area contributed by atoms with Gasteiger partial charge in [0.25, 0.3) is 0 Å². The minimum Gasteiger partial charge on any atom is -0.319 e. The number of hydrogen-bond acceptors (Lipinski definition) is 3. The summed E-state index contributed by atoms with van der Waals surface area (Å²) in [5.41, 5.74) is 1.37. The number of nitrogens with one attached hydrogen (secondary N) is 1. The maximum Gasteiger partial charge on any atom is 0.0728 e. The van der Waals surface area contributed by atoms with Crippen LogP contribution in [0.4, 0.5) is 0 Å². The van der Waals surface area contributed by atoms with E-state index in [2.05, 4.69) is 41.2 Å². The summed E-state index contributed by atoms with van der Waals surface area (Å²) in [5.74, 6) is 2.26. The quantitative estimate of drug-likeness (QED) is 0.833. The van der Waals surface area contributed by atoms with E-state index < -0.39 is 0 Å². The van der Waals surface area contributed by atoms with Crippen LogP contribution in [0.3, 0.4) is 0 Å². The van der Waals surface area contributed by atoms with Gasteiger partial charge in [-0.3, -0.25) is 0 Å². The van der Waals surface area contributed by atoms with Crippen LogP contribution in [0.2, 0.25) is 0 Å². The molecule has 4 nitrogen and oxygen atoms in total. The topological polar surface area (TPSA) is 42.7 Å². The summed E-state index contributed by atoms with van der Waals surface area (Å²) in [7, 11) is 2.07. The van der Waals surface area contributed by atoms with Crippen LogP contribution >= 0.6 is 0 Å². The van der Waals surface area contributed by atoms with E-state index in [0.717, 1.165) is 31.3 Å². The molecule has 1 saturated carbocycles. The fourth-order valence-corrected chi connectivity index (χ4v) is 3.80. The van der Waals surface area contributed by atoms with E-state index in [1.165, 1.54) is 37.8 Å². The Morgan fingerprint density at radius 3 is 2.85 bits per heavy atom. The van der Waals surface area contributed by atoms with Crippen LogP contribution < -0.4 is 5.32 Å². The van der Waals surface area contributed by atoms with Crippen LogP contribution in [0, 0.1) is 11.8 Å². The van der Waals surface area contributed by atoms with Gasteiger partial charge in [0.1, 0.15) is 0 Å². The lowest BCUT2D eigenvalue weighted by molar-refractivity contribution is 0.215. The Balaban J connectivity index is 2.15. The van der Waals surface area contributed by atoms with Gasteiger partial charge in [0.15, 0.2) is 0 Å². The van der Waals surface area contributed by atoms with Gasteiger partial charge in [-0.1, -0.05) is 38.3 Å². The van der Waals surface area contributed by atoms with Crippen LogP contribution in [0.25, 0.3) is 0 Å². The first-order valence-corrected chi connectivity index (χ1v) is 8.33. The van der Waals surface area contributed by atoms with Crippen LogP contribution in [0.5, 0.6) is 0 Å². The largest absolute Gasteiger partial charge is 0.319 e. The smallest absolute Gasteiger partial charge is 0.0728 e. The molecule has 3 unspecified atom stereocenters. The van der Waals surface area contributed by atoms with Gasteiger partial charge < -0.3 is 5.32 Å². The SMILES string of the molecule is CCCC1CCC(CNC)C(c2cnnn2CCC)C1.